The van der Waals surface area contributed by atoms with Crippen molar-refractivity contribution in [3.05, 3.63) is 81.1 Å². The number of halogens is 1. The molecule has 0 bridgehead atoms. The van der Waals surface area contributed by atoms with Gasteiger partial charge in [-0.15, -0.1) is 11.8 Å². The second kappa shape index (κ2) is 16.1. The number of hydrogen-bond donors (Lipinski definition) is 3. The third-order valence-electron chi connectivity index (χ3n) is 9.43. The summed E-state index contributed by atoms with van der Waals surface area (Å²) in [6.45, 7) is 5.86. The number of carbonyl (C=O) groups excluding carboxylic acids is 6. The fourth-order valence-corrected chi connectivity index (χ4v) is 8.66. The number of anilines is 4. The van der Waals surface area contributed by atoms with Crippen LogP contribution in [-0.2, 0) is 14.4 Å². The zero-order valence-electron chi connectivity index (χ0n) is 29.9. The number of benzene rings is 2. The predicted octanol–water partition coefficient (Wildman–Crippen LogP) is 4.82. The Hall–Kier alpha value is -5.39. The first kappa shape index (κ1) is 37.9. The molecule has 6 amide bonds. The number of hydrogen-bond acceptors (Lipinski definition) is 13. The van der Waals surface area contributed by atoms with Gasteiger partial charge in [0.15, 0.2) is 5.13 Å². The lowest BCUT2D eigenvalue weighted by molar-refractivity contribution is -0.136. The Morgan fingerprint density at radius 2 is 1.80 bits per heavy atom. The zero-order valence-corrected chi connectivity index (χ0v) is 32.3. The van der Waals surface area contributed by atoms with E-state index in [0.717, 1.165) is 10.5 Å². The number of piperazine rings is 1. The topological polar surface area (TPSA) is 187 Å². The maximum atomic E-state index is 13.4. The van der Waals surface area contributed by atoms with Gasteiger partial charge in [0, 0.05) is 50.0 Å². The van der Waals surface area contributed by atoms with Crippen molar-refractivity contribution in [2.24, 2.45) is 0 Å². The number of amides is 6. The Morgan fingerprint density at radius 1 is 1.02 bits per heavy atom. The summed E-state index contributed by atoms with van der Waals surface area (Å²) in [4.78, 5) is 96.0. The largest absolute Gasteiger partial charge is 0.353 e. The van der Waals surface area contributed by atoms with E-state index in [9.17, 15) is 28.8 Å². The number of nitrogens with zero attached hydrogens (tertiary/aromatic N) is 6. The predicted molar refractivity (Wildman–Crippen MR) is 208 cm³/mol. The average Bonchev–Trinajstić information content (AvgIpc) is 3.73. The van der Waals surface area contributed by atoms with Crippen LogP contribution >= 0.6 is 34.7 Å². The molecule has 284 valence electrons. The molecule has 2 saturated heterocycles. The molecule has 0 saturated carbocycles. The SMILES string of the molecule is Cc1nc(Nc2ncc(C(=O)Nc3c(C)cccc3Cl)s2)cc(N2CCN(C(=O)CCCSc3cccc4c3C(=O)N(C3CCC(=O)NC3=O)C4=O)CC2)n1. The third-order valence-corrected chi connectivity index (χ3v) is 11.8. The van der Waals surface area contributed by atoms with E-state index >= 15 is 0 Å². The van der Waals surface area contributed by atoms with E-state index < -0.39 is 29.7 Å². The second-order valence-corrected chi connectivity index (χ2v) is 15.7. The molecule has 0 radical (unpaired) electrons. The molecule has 2 aromatic carbocycles. The zero-order chi connectivity index (χ0) is 38.8. The minimum absolute atomic E-state index is 0.0309. The Morgan fingerprint density at radius 3 is 2.56 bits per heavy atom. The highest BCUT2D eigenvalue weighted by Crippen LogP contribution is 2.35. The van der Waals surface area contributed by atoms with Crippen molar-refractivity contribution in [3.63, 3.8) is 0 Å². The highest BCUT2D eigenvalue weighted by molar-refractivity contribution is 7.99. The third kappa shape index (κ3) is 8.18. The molecule has 18 heteroatoms. The summed E-state index contributed by atoms with van der Waals surface area (Å²) in [7, 11) is 0. The molecule has 55 heavy (non-hydrogen) atoms. The van der Waals surface area contributed by atoms with Crippen LogP contribution in [0.1, 0.15) is 67.5 Å². The number of thioether (sulfide) groups is 1. The number of para-hydroxylation sites is 1. The van der Waals surface area contributed by atoms with Gasteiger partial charge in [0.25, 0.3) is 17.7 Å². The summed E-state index contributed by atoms with van der Waals surface area (Å²) in [5.41, 5.74) is 1.90. The first-order valence-electron chi connectivity index (χ1n) is 17.6. The summed E-state index contributed by atoms with van der Waals surface area (Å²) in [5.74, 6) is -0.114. The van der Waals surface area contributed by atoms with Crippen molar-refractivity contribution in [1.29, 1.82) is 0 Å². The molecular weight excluding hydrogens is 766 g/mol. The van der Waals surface area contributed by atoms with Crippen LogP contribution in [-0.4, -0.2) is 98.2 Å². The first-order valence-corrected chi connectivity index (χ1v) is 19.8. The first-order chi connectivity index (χ1) is 26.5. The van der Waals surface area contributed by atoms with Gasteiger partial charge in [0.2, 0.25) is 17.7 Å². The van der Waals surface area contributed by atoms with Crippen molar-refractivity contribution in [2.75, 3.05) is 47.5 Å². The van der Waals surface area contributed by atoms with Gasteiger partial charge in [-0.2, -0.15) is 0 Å². The van der Waals surface area contributed by atoms with Gasteiger partial charge in [0.05, 0.1) is 28.0 Å². The number of fused-ring (bicyclic) bond motifs is 1. The van der Waals surface area contributed by atoms with Gasteiger partial charge < -0.3 is 20.4 Å². The van der Waals surface area contributed by atoms with E-state index in [4.69, 9.17) is 11.6 Å². The van der Waals surface area contributed by atoms with Gasteiger partial charge in [0.1, 0.15) is 28.4 Å². The summed E-state index contributed by atoms with van der Waals surface area (Å²) >= 11 is 8.85. The molecule has 1 unspecified atom stereocenters. The number of carbonyl (C=O) groups is 6. The molecule has 5 heterocycles. The molecule has 3 aliphatic rings. The lowest BCUT2D eigenvalue weighted by atomic mass is 10.0. The summed E-state index contributed by atoms with van der Waals surface area (Å²) in [6.07, 6.45) is 2.53. The standard InChI is InChI=1S/C37H36ClN9O6S2/c1-20-6-3-8-23(38)32(20)44-34(51)26-19-39-37(55-26)42-27-18-28(41-21(2)40-27)45-13-15-46(16-14-45)30(49)10-5-17-54-25-9-4-7-22-31(25)36(53)47(35(22)52)24-11-12-29(48)43-33(24)50/h3-4,6-9,18-19,24H,5,10-17H2,1-2H3,(H,44,51)(H,43,48,50)(H,39,40,41,42). The van der Waals surface area contributed by atoms with Crippen molar-refractivity contribution in [2.45, 2.75) is 50.5 Å². The lowest BCUT2D eigenvalue weighted by Gasteiger charge is -2.35. The Balaban J connectivity index is 0.887. The van der Waals surface area contributed by atoms with Crippen molar-refractivity contribution < 1.29 is 28.8 Å². The highest BCUT2D eigenvalue weighted by Gasteiger charge is 2.45. The number of aromatic nitrogens is 3. The molecule has 7 rings (SSSR count). The summed E-state index contributed by atoms with van der Waals surface area (Å²) in [6, 6.07) is 11.2. The van der Waals surface area contributed by atoms with Crippen LogP contribution in [0.3, 0.4) is 0 Å². The van der Waals surface area contributed by atoms with E-state index in [2.05, 4.69) is 35.8 Å². The minimum Gasteiger partial charge on any atom is -0.353 e. The van der Waals surface area contributed by atoms with Gasteiger partial charge in [-0.3, -0.25) is 39.0 Å². The molecule has 2 fully saturated rings. The molecule has 2 aromatic heterocycles. The van der Waals surface area contributed by atoms with Crippen LogP contribution in [0.25, 0.3) is 0 Å². The van der Waals surface area contributed by atoms with Crippen LogP contribution in [0.15, 0.2) is 53.6 Å². The maximum Gasteiger partial charge on any atom is 0.267 e. The number of imide groups is 2. The summed E-state index contributed by atoms with van der Waals surface area (Å²) in [5, 5.41) is 9.20. The van der Waals surface area contributed by atoms with E-state index in [1.54, 1.807) is 31.2 Å². The molecule has 1 atom stereocenters. The monoisotopic (exact) mass is 801 g/mol. The molecular formula is C37H36ClN9O6S2. The Labute approximate surface area is 329 Å². The maximum absolute atomic E-state index is 13.4. The van der Waals surface area contributed by atoms with Crippen LogP contribution in [0, 0.1) is 13.8 Å². The van der Waals surface area contributed by atoms with E-state index in [1.807, 2.05) is 30.0 Å². The van der Waals surface area contributed by atoms with Gasteiger partial charge >= 0.3 is 0 Å². The van der Waals surface area contributed by atoms with Crippen LogP contribution in [0.5, 0.6) is 0 Å². The second-order valence-electron chi connectivity index (χ2n) is 13.1. The molecule has 4 aromatic rings. The van der Waals surface area contributed by atoms with Gasteiger partial charge in [-0.1, -0.05) is 41.1 Å². The van der Waals surface area contributed by atoms with Crippen molar-refractivity contribution >= 4 is 92.6 Å². The van der Waals surface area contributed by atoms with E-state index in [-0.39, 0.29) is 35.8 Å². The van der Waals surface area contributed by atoms with Crippen molar-refractivity contribution in [3.8, 4) is 0 Å². The fourth-order valence-electron chi connectivity index (χ4n) is 6.64. The van der Waals surface area contributed by atoms with Crippen LogP contribution < -0.4 is 20.9 Å². The molecule has 0 spiro atoms. The van der Waals surface area contributed by atoms with Crippen LogP contribution in [0.4, 0.5) is 22.5 Å². The Bertz CT molecular complexity index is 2200. The normalized spacial score (nSPS) is 17.0. The number of thiazole rings is 1. The van der Waals surface area contributed by atoms with Gasteiger partial charge in [-0.25, -0.2) is 15.0 Å². The average molecular weight is 802 g/mol. The molecule has 15 nitrogen and oxygen atoms in total. The number of piperidine rings is 1. The lowest BCUT2D eigenvalue weighted by Crippen LogP contribution is -2.54. The minimum atomic E-state index is -1.03. The van der Waals surface area contributed by atoms with Gasteiger partial charge in [-0.05, 0) is 56.2 Å². The number of aryl methyl sites for hydroxylation is 2. The van der Waals surface area contributed by atoms with Crippen LogP contribution in [0.2, 0.25) is 5.02 Å². The summed E-state index contributed by atoms with van der Waals surface area (Å²) < 4.78 is 0. The van der Waals surface area contributed by atoms with E-state index in [0.29, 0.717) is 87.8 Å². The molecule has 3 N–H and O–H groups in total. The number of rotatable bonds is 11. The molecule has 0 aliphatic carbocycles. The van der Waals surface area contributed by atoms with E-state index in [1.165, 1.54) is 29.3 Å². The highest BCUT2D eigenvalue weighted by atomic mass is 35.5. The number of nitrogens with one attached hydrogen (secondary N) is 3. The fraction of sp³-hybridized carbons (Fsp3) is 0.324. The Kier molecular flexibility index (Phi) is 11.1. The van der Waals surface area contributed by atoms with Crippen molar-refractivity contribution in [1.82, 2.24) is 30.1 Å². The quantitative estimate of drug-likeness (QED) is 0.107. The smallest absolute Gasteiger partial charge is 0.267 e. The molecule has 3 aliphatic heterocycles.